The summed E-state index contributed by atoms with van der Waals surface area (Å²) in [5.41, 5.74) is 0. The number of hydrogen-bond acceptors (Lipinski definition) is 2. The van der Waals surface area contributed by atoms with E-state index in [4.69, 9.17) is 0 Å². The number of unbranched alkanes of at least 4 members (excludes halogenated alkanes) is 4. The summed E-state index contributed by atoms with van der Waals surface area (Å²) in [7, 11) is 0. The van der Waals surface area contributed by atoms with Crippen molar-refractivity contribution in [1.82, 2.24) is 0 Å². The minimum absolute atomic E-state index is 0.264. The van der Waals surface area contributed by atoms with Crippen molar-refractivity contribution in [3.63, 3.8) is 0 Å². The van der Waals surface area contributed by atoms with Gasteiger partial charge in [-0.25, -0.2) is 8.78 Å². The van der Waals surface area contributed by atoms with Gasteiger partial charge in [-0.05, 0) is 6.42 Å². The Kier molecular flexibility index (Phi) is 9.43. The summed E-state index contributed by atoms with van der Waals surface area (Å²) in [6.45, 7) is 0.220. The van der Waals surface area contributed by atoms with Crippen LogP contribution < -0.4 is 0 Å². The van der Waals surface area contributed by atoms with Crippen LogP contribution >= 0.6 is 0 Å². The number of hydrogen-bond donors (Lipinski definition) is 0. The van der Waals surface area contributed by atoms with Gasteiger partial charge in [0.1, 0.15) is 13.3 Å². The first-order chi connectivity index (χ1) is 7.24. The first-order valence-electron chi connectivity index (χ1n) is 5.56. The molecular weight excluding hydrogens is 202 g/mol. The molecule has 0 aliphatic heterocycles. The van der Waals surface area contributed by atoms with Gasteiger partial charge in [-0.3, -0.25) is 4.79 Å². The number of carbonyl (C=O) groups excluding carboxylic acids is 1. The average molecular weight is 222 g/mol. The number of rotatable bonds is 9. The maximum Gasteiger partial charge on any atom is 0.306 e. The van der Waals surface area contributed by atoms with Crippen molar-refractivity contribution in [2.24, 2.45) is 0 Å². The molecule has 0 bridgehead atoms. The van der Waals surface area contributed by atoms with E-state index in [0.717, 1.165) is 32.1 Å². The standard InChI is InChI=1S/C11H20F2O2/c1-2-3-4-5-6-7-11(14)15-10(8-12)9-13/h10H,2-9H2,1H3. The van der Waals surface area contributed by atoms with Gasteiger partial charge in [0.2, 0.25) is 0 Å². The van der Waals surface area contributed by atoms with E-state index in [2.05, 4.69) is 11.7 Å². The second kappa shape index (κ2) is 9.87. The Morgan fingerprint density at radius 1 is 1.13 bits per heavy atom. The van der Waals surface area contributed by atoms with Crippen LogP contribution in [-0.2, 0) is 9.53 Å². The summed E-state index contributed by atoms with van der Waals surface area (Å²) in [5, 5.41) is 0. The zero-order chi connectivity index (χ0) is 11.5. The highest BCUT2D eigenvalue weighted by Crippen LogP contribution is 2.07. The Hall–Kier alpha value is -0.670. The van der Waals surface area contributed by atoms with Gasteiger partial charge in [0.15, 0.2) is 6.10 Å². The number of esters is 1. The summed E-state index contributed by atoms with van der Waals surface area (Å²) in [6, 6.07) is 0. The van der Waals surface area contributed by atoms with Crippen LogP contribution in [0, 0.1) is 0 Å². The summed E-state index contributed by atoms with van der Waals surface area (Å²) >= 11 is 0. The quantitative estimate of drug-likeness (QED) is 0.442. The molecule has 0 saturated carbocycles. The van der Waals surface area contributed by atoms with Crippen LogP contribution in [0.25, 0.3) is 0 Å². The molecule has 0 rings (SSSR count). The highest BCUT2D eigenvalue weighted by molar-refractivity contribution is 5.69. The maximum atomic E-state index is 12.0. The van der Waals surface area contributed by atoms with Gasteiger partial charge >= 0.3 is 5.97 Å². The van der Waals surface area contributed by atoms with E-state index in [1.54, 1.807) is 0 Å². The molecule has 0 amide bonds. The minimum atomic E-state index is -1.20. The molecule has 0 aromatic rings. The smallest absolute Gasteiger partial charge is 0.306 e. The lowest BCUT2D eigenvalue weighted by Gasteiger charge is -2.10. The predicted octanol–water partition coefficient (Wildman–Crippen LogP) is 3.20. The SMILES string of the molecule is CCCCCCCC(=O)OC(CF)CF. The van der Waals surface area contributed by atoms with Gasteiger partial charge in [0, 0.05) is 6.42 Å². The van der Waals surface area contributed by atoms with Crippen molar-refractivity contribution in [3.05, 3.63) is 0 Å². The largest absolute Gasteiger partial charge is 0.457 e. The van der Waals surface area contributed by atoms with Gasteiger partial charge in [-0.2, -0.15) is 0 Å². The van der Waals surface area contributed by atoms with Crippen molar-refractivity contribution in [1.29, 1.82) is 0 Å². The molecule has 15 heavy (non-hydrogen) atoms. The fourth-order valence-electron chi connectivity index (χ4n) is 1.22. The molecule has 0 aliphatic carbocycles. The zero-order valence-corrected chi connectivity index (χ0v) is 9.31. The predicted molar refractivity (Wildman–Crippen MR) is 55.2 cm³/mol. The van der Waals surface area contributed by atoms with Crippen LogP contribution in [0.5, 0.6) is 0 Å². The van der Waals surface area contributed by atoms with Crippen LogP contribution in [0.2, 0.25) is 0 Å². The summed E-state index contributed by atoms with van der Waals surface area (Å²) < 4.78 is 28.5. The first kappa shape index (κ1) is 14.3. The lowest BCUT2D eigenvalue weighted by Crippen LogP contribution is -2.21. The first-order valence-corrected chi connectivity index (χ1v) is 5.56. The van der Waals surface area contributed by atoms with Gasteiger partial charge in [0.05, 0.1) is 0 Å². The molecule has 0 heterocycles. The zero-order valence-electron chi connectivity index (χ0n) is 9.31. The number of halogens is 2. The molecular formula is C11H20F2O2. The van der Waals surface area contributed by atoms with E-state index in [-0.39, 0.29) is 6.42 Å². The third kappa shape index (κ3) is 8.33. The molecule has 0 spiro atoms. The molecule has 0 fully saturated rings. The molecule has 0 saturated heterocycles. The number of carbonyl (C=O) groups is 1. The average Bonchev–Trinajstić information content (AvgIpc) is 2.25. The van der Waals surface area contributed by atoms with E-state index < -0.39 is 25.4 Å². The third-order valence-corrected chi connectivity index (χ3v) is 2.13. The molecule has 0 N–H and O–H groups in total. The molecule has 0 radical (unpaired) electrons. The van der Waals surface area contributed by atoms with Crippen molar-refractivity contribution in [3.8, 4) is 0 Å². The lowest BCUT2D eigenvalue weighted by atomic mass is 10.1. The van der Waals surface area contributed by atoms with Crippen LogP contribution in [0.1, 0.15) is 45.4 Å². The van der Waals surface area contributed by atoms with E-state index in [0.29, 0.717) is 0 Å². The van der Waals surface area contributed by atoms with Crippen molar-refractivity contribution >= 4 is 5.97 Å². The molecule has 4 heteroatoms. The fourth-order valence-corrected chi connectivity index (χ4v) is 1.22. The monoisotopic (exact) mass is 222 g/mol. The third-order valence-electron chi connectivity index (χ3n) is 2.13. The number of alkyl halides is 2. The second-order valence-corrected chi connectivity index (χ2v) is 3.58. The highest BCUT2D eigenvalue weighted by atomic mass is 19.1. The molecule has 2 nitrogen and oxygen atoms in total. The van der Waals surface area contributed by atoms with E-state index in [1.807, 2.05) is 0 Å². The van der Waals surface area contributed by atoms with Gasteiger partial charge in [-0.1, -0.05) is 32.6 Å². The summed E-state index contributed by atoms with van der Waals surface area (Å²) in [4.78, 5) is 11.0. The van der Waals surface area contributed by atoms with Crippen molar-refractivity contribution in [2.45, 2.75) is 51.6 Å². The molecule has 90 valence electrons. The van der Waals surface area contributed by atoms with Gasteiger partial charge in [-0.15, -0.1) is 0 Å². The highest BCUT2D eigenvalue weighted by Gasteiger charge is 2.13. The van der Waals surface area contributed by atoms with Crippen molar-refractivity contribution < 1.29 is 18.3 Å². The normalized spacial score (nSPS) is 10.7. The van der Waals surface area contributed by atoms with E-state index in [1.165, 1.54) is 0 Å². The molecule has 0 atom stereocenters. The van der Waals surface area contributed by atoms with Gasteiger partial charge in [0.25, 0.3) is 0 Å². The lowest BCUT2D eigenvalue weighted by molar-refractivity contribution is -0.150. The Morgan fingerprint density at radius 2 is 1.73 bits per heavy atom. The fraction of sp³-hybridized carbons (Fsp3) is 0.909. The molecule has 0 aliphatic rings. The van der Waals surface area contributed by atoms with Crippen LogP contribution in [0.15, 0.2) is 0 Å². The number of ether oxygens (including phenoxy) is 1. The van der Waals surface area contributed by atoms with E-state index in [9.17, 15) is 13.6 Å². The van der Waals surface area contributed by atoms with Crippen molar-refractivity contribution in [2.75, 3.05) is 13.3 Å². The topological polar surface area (TPSA) is 26.3 Å². The minimum Gasteiger partial charge on any atom is -0.457 e. The van der Waals surface area contributed by atoms with E-state index >= 15 is 0 Å². The van der Waals surface area contributed by atoms with Crippen LogP contribution in [0.3, 0.4) is 0 Å². The van der Waals surface area contributed by atoms with Crippen LogP contribution in [-0.4, -0.2) is 25.4 Å². The van der Waals surface area contributed by atoms with Gasteiger partial charge < -0.3 is 4.74 Å². The maximum absolute atomic E-state index is 12.0. The Bertz CT molecular complexity index is 159. The molecule has 0 aromatic heterocycles. The van der Waals surface area contributed by atoms with Crippen LogP contribution in [0.4, 0.5) is 8.78 Å². The summed E-state index contributed by atoms with van der Waals surface area (Å²) in [5.74, 6) is -0.494. The Labute approximate surface area is 90.0 Å². The Morgan fingerprint density at radius 3 is 2.27 bits per heavy atom. The Balaban J connectivity index is 3.40. The molecule has 0 unspecified atom stereocenters. The second-order valence-electron chi connectivity index (χ2n) is 3.58. The molecule has 0 aromatic carbocycles. The summed E-state index contributed by atoms with van der Waals surface area (Å²) in [6.07, 6.45) is 4.18.